The molecule has 2 aromatic rings. The van der Waals surface area contributed by atoms with Gasteiger partial charge in [0.25, 0.3) is 5.91 Å². The number of thioether (sulfide) groups is 1. The lowest BCUT2D eigenvalue weighted by atomic mass is 10.2. The topological polar surface area (TPSA) is 32.3 Å². The summed E-state index contributed by atoms with van der Waals surface area (Å²) in [5.41, 5.74) is 1.34. The van der Waals surface area contributed by atoms with Gasteiger partial charge in [0.1, 0.15) is 10.1 Å². The Balaban J connectivity index is 1.73. The molecule has 1 aliphatic heterocycles. The van der Waals surface area contributed by atoms with Crippen molar-refractivity contribution < 1.29 is 9.18 Å². The summed E-state index contributed by atoms with van der Waals surface area (Å²) in [7, 11) is 0. The SMILES string of the molecule is O=C1/C(=C\c2cccc(F)c2)SC(=S)N1CNc1ccccc1Cl. The molecule has 0 saturated carbocycles. The molecule has 0 aromatic heterocycles. The van der Waals surface area contributed by atoms with Crippen LogP contribution in [0.3, 0.4) is 0 Å². The molecule has 3 nitrogen and oxygen atoms in total. The van der Waals surface area contributed by atoms with E-state index in [0.717, 1.165) is 5.69 Å². The molecule has 1 saturated heterocycles. The van der Waals surface area contributed by atoms with Gasteiger partial charge in [0, 0.05) is 0 Å². The number of benzene rings is 2. The van der Waals surface area contributed by atoms with Gasteiger partial charge in [0.15, 0.2) is 0 Å². The number of anilines is 1. The Kier molecular flexibility index (Phi) is 5.18. The van der Waals surface area contributed by atoms with Crippen LogP contribution in [-0.4, -0.2) is 21.8 Å². The first kappa shape index (κ1) is 17.0. The Bertz CT molecular complexity index is 841. The Hall–Kier alpha value is -1.89. The molecule has 0 bridgehead atoms. The average Bonchev–Trinajstić information content (AvgIpc) is 2.81. The number of amides is 1. The minimum atomic E-state index is -0.348. The Morgan fingerprint density at radius 1 is 1.25 bits per heavy atom. The number of halogens is 2. The molecule has 2 aromatic carbocycles. The molecule has 0 aliphatic carbocycles. The lowest BCUT2D eigenvalue weighted by molar-refractivity contribution is -0.121. The van der Waals surface area contributed by atoms with Gasteiger partial charge in [-0.2, -0.15) is 0 Å². The first-order valence-electron chi connectivity index (χ1n) is 7.04. The van der Waals surface area contributed by atoms with Crippen molar-refractivity contribution in [2.75, 3.05) is 12.0 Å². The third-order valence-corrected chi connectivity index (χ3v) is 5.03. The van der Waals surface area contributed by atoms with Crippen molar-refractivity contribution in [2.24, 2.45) is 0 Å². The number of carbonyl (C=O) groups is 1. The summed E-state index contributed by atoms with van der Waals surface area (Å²) in [4.78, 5) is 14.4. The van der Waals surface area contributed by atoms with Gasteiger partial charge in [-0.1, -0.05) is 59.8 Å². The van der Waals surface area contributed by atoms with Gasteiger partial charge in [-0.05, 0) is 35.9 Å². The molecular formula is C17H12ClFN2OS2. The van der Waals surface area contributed by atoms with E-state index in [-0.39, 0.29) is 18.4 Å². The summed E-state index contributed by atoms with van der Waals surface area (Å²) in [6.45, 7) is 0.217. The molecule has 0 unspecified atom stereocenters. The molecule has 0 radical (unpaired) electrons. The highest BCUT2D eigenvalue weighted by atomic mass is 35.5. The summed E-state index contributed by atoms with van der Waals surface area (Å²) >= 11 is 12.5. The largest absolute Gasteiger partial charge is 0.366 e. The zero-order valence-electron chi connectivity index (χ0n) is 12.3. The van der Waals surface area contributed by atoms with Crippen LogP contribution in [0.4, 0.5) is 10.1 Å². The van der Waals surface area contributed by atoms with E-state index in [2.05, 4.69) is 5.32 Å². The molecular weight excluding hydrogens is 367 g/mol. The first-order chi connectivity index (χ1) is 11.5. The molecule has 122 valence electrons. The Labute approximate surface area is 153 Å². The van der Waals surface area contributed by atoms with Gasteiger partial charge in [-0.15, -0.1) is 0 Å². The van der Waals surface area contributed by atoms with E-state index in [1.54, 1.807) is 24.3 Å². The number of para-hydroxylation sites is 1. The molecule has 1 heterocycles. The Morgan fingerprint density at radius 2 is 2.04 bits per heavy atom. The van der Waals surface area contributed by atoms with Gasteiger partial charge in [-0.3, -0.25) is 9.69 Å². The van der Waals surface area contributed by atoms with Crippen molar-refractivity contribution in [1.82, 2.24) is 4.90 Å². The van der Waals surface area contributed by atoms with Crippen LogP contribution in [0.2, 0.25) is 5.02 Å². The smallest absolute Gasteiger partial charge is 0.267 e. The molecule has 1 aliphatic rings. The van der Waals surface area contributed by atoms with E-state index < -0.39 is 0 Å². The second-order valence-corrected chi connectivity index (χ2v) is 7.06. The standard InChI is InChI=1S/C17H12ClFN2OS2/c18-13-6-1-2-7-14(13)20-10-21-16(22)15(24-17(21)23)9-11-4-3-5-12(19)8-11/h1-9,20H,10H2/b15-9+. The minimum Gasteiger partial charge on any atom is -0.366 e. The summed E-state index contributed by atoms with van der Waals surface area (Å²) in [5.74, 6) is -0.562. The third-order valence-electron chi connectivity index (χ3n) is 3.32. The molecule has 1 fully saturated rings. The highest BCUT2D eigenvalue weighted by Gasteiger charge is 2.31. The van der Waals surface area contributed by atoms with Crippen LogP contribution in [0.15, 0.2) is 53.4 Å². The molecule has 7 heteroatoms. The summed E-state index contributed by atoms with van der Waals surface area (Å²) in [5, 5.41) is 3.66. The van der Waals surface area contributed by atoms with Crippen molar-refractivity contribution in [3.05, 3.63) is 69.8 Å². The average molecular weight is 379 g/mol. The summed E-state index contributed by atoms with van der Waals surface area (Å²) in [6, 6.07) is 13.3. The first-order valence-corrected chi connectivity index (χ1v) is 8.64. The maximum Gasteiger partial charge on any atom is 0.267 e. The number of rotatable bonds is 4. The number of thiocarbonyl (C=S) groups is 1. The van der Waals surface area contributed by atoms with Crippen molar-refractivity contribution in [1.29, 1.82) is 0 Å². The van der Waals surface area contributed by atoms with Gasteiger partial charge in [-0.25, -0.2) is 4.39 Å². The number of nitrogens with one attached hydrogen (secondary N) is 1. The maximum atomic E-state index is 13.3. The summed E-state index contributed by atoms with van der Waals surface area (Å²) in [6.07, 6.45) is 1.64. The van der Waals surface area contributed by atoms with Gasteiger partial charge < -0.3 is 5.32 Å². The van der Waals surface area contributed by atoms with Crippen LogP contribution in [-0.2, 0) is 4.79 Å². The molecule has 0 spiro atoms. The monoisotopic (exact) mass is 378 g/mol. The van der Waals surface area contributed by atoms with Gasteiger partial charge in [0.05, 0.1) is 22.3 Å². The number of hydrogen-bond acceptors (Lipinski definition) is 4. The van der Waals surface area contributed by atoms with Crippen LogP contribution in [0, 0.1) is 5.82 Å². The van der Waals surface area contributed by atoms with Crippen molar-refractivity contribution >= 4 is 57.6 Å². The fraction of sp³-hybridized carbons (Fsp3) is 0.0588. The predicted molar refractivity (Wildman–Crippen MR) is 101 cm³/mol. The van der Waals surface area contributed by atoms with Crippen LogP contribution < -0.4 is 5.32 Å². The van der Waals surface area contributed by atoms with Crippen molar-refractivity contribution in [3.63, 3.8) is 0 Å². The van der Waals surface area contributed by atoms with Crippen LogP contribution in [0.5, 0.6) is 0 Å². The predicted octanol–water partition coefficient (Wildman–Crippen LogP) is 4.75. The maximum absolute atomic E-state index is 13.3. The highest BCUT2D eigenvalue weighted by molar-refractivity contribution is 8.26. The van der Waals surface area contributed by atoms with E-state index in [1.807, 2.05) is 18.2 Å². The zero-order chi connectivity index (χ0) is 17.1. The van der Waals surface area contributed by atoms with Crippen LogP contribution >= 0.6 is 35.6 Å². The molecule has 1 N–H and O–H groups in total. The minimum absolute atomic E-state index is 0.214. The normalized spacial score (nSPS) is 16.1. The fourth-order valence-electron chi connectivity index (χ4n) is 2.15. The summed E-state index contributed by atoms with van der Waals surface area (Å²) < 4.78 is 13.7. The third kappa shape index (κ3) is 3.77. The van der Waals surface area contributed by atoms with E-state index in [9.17, 15) is 9.18 Å². The quantitative estimate of drug-likeness (QED) is 0.614. The van der Waals surface area contributed by atoms with E-state index in [1.165, 1.54) is 28.8 Å². The van der Waals surface area contributed by atoms with E-state index >= 15 is 0 Å². The second kappa shape index (κ2) is 7.34. The lowest BCUT2D eigenvalue weighted by Crippen LogP contribution is -2.33. The van der Waals surface area contributed by atoms with Crippen molar-refractivity contribution in [3.8, 4) is 0 Å². The highest BCUT2D eigenvalue weighted by Crippen LogP contribution is 2.32. The lowest BCUT2D eigenvalue weighted by Gasteiger charge is -2.16. The number of carbonyl (C=O) groups excluding carboxylic acids is 1. The molecule has 3 rings (SSSR count). The number of nitrogens with zero attached hydrogens (tertiary/aromatic N) is 1. The molecule has 1 amide bonds. The molecule has 24 heavy (non-hydrogen) atoms. The van der Waals surface area contributed by atoms with Crippen LogP contribution in [0.25, 0.3) is 6.08 Å². The van der Waals surface area contributed by atoms with Gasteiger partial charge >= 0.3 is 0 Å². The van der Waals surface area contributed by atoms with E-state index in [4.69, 9.17) is 23.8 Å². The molecule has 0 atom stereocenters. The van der Waals surface area contributed by atoms with E-state index in [0.29, 0.717) is 19.8 Å². The van der Waals surface area contributed by atoms with Gasteiger partial charge in [0.2, 0.25) is 0 Å². The fourth-order valence-corrected chi connectivity index (χ4v) is 3.61. The zero-order valence-corrected chi connectivity index (χ0v) is 14.7. The van der Waals surface area contributed by atoms with Crippen molar-refractivity contribution in [2.45, 2.75) is 0 Å². The second-order valence-electron chi connectivity index (χ2n) is 4.98. The van der Waals surface area contributed by atoms with Crippen LogP contribution in [0.1, 0.15) is 5.56 Å². The Morgan fingerprint density at radius 3 is 2.79 bits per heavy atom. The number of hydrogen-bond donors (Lipinski definition) is 1.